The quantitative estimate of drug-likeness (QED) is 0.798. The smallest absolute Gasteiger partial charge is 0.410 e. The number of ether oxygens (including phenoxy) is 2. The molecule has 5 rings (SSSR count). The average molecular weight is 318 g/mol. The maximum Gasteiger partial charge on any atom is 0.410 e. The van der Waals surface area contributed by atoms with E-state index in [0.717, 1.165) is 31.8 Å². The number of nitrogens with one attached hydrogen (secondary N) is 1. The van der Waals surface area contributed by atoms with Crippen LogP contribution in [0.25, 0.3) is 0 Å². The first-order chi connectivity index (χ1) is 10.8. The standard InChI is InChI=1S/C9H17NO2.C9H9NO/c1-7-5-6-10(7)8(11)12-9(2,3)4;1-2-8-6-3-7(1)11-9(8)5-10-4-6/h7H,5-6H2,1-4H3;1-3,9-10H,4-5H2. The van der Waals surface area contributed by atoms with Gasteiger partial charge in [-0.1, -0.05) is 6.07 Å². The topological polar surface area (TPSA) is 50.8 Å². The Labute approximate surface area is 137 Å². The zero-order valence-electron chi connectivity index (χ0n) is 14.4. The molecule has 1 fully saturated rings. The summed E-state index contributed by atoms with van der Waals surface area (Å²) in [6.07, 6.45) is 1.21. The number of hydrogen-bond donors (Lipinski definition) is 1. The average Bonchev–Trinajstić information content (AvgIpc) is 2.44. The Bertz CT molecular complexity index is 594. The highest BCUT2D eigenvalue weighted by Gasteiger charge is 2.31. The fourth-order valence-corrected chi connectivity index (χ4v) is 2.95. The predicted octanol–water partition coefficient (Wildman–Crippen LogP) is 3.24. The largest absolute Gasteiger partial charge is 0.484 e. The molecule has 1 N–H and O–H groups in total. The molecule has 5 nitrogen and oxygen atoms in total. The number of benzene rings is 1. The molecule has 1 aromatic carbocycles. The SMILES string of the molecule is CC1CCN1C(=O)OC(C)(C)C.c1cc2c3cc1OC2CNC3. The number of rotatable bonds is 0. The van der Waals surface area contributed by atoms with Crippen molar-refractivity contribution >= 4 is 6.09 Å². The van der Waals surface area contributed by atoms with E-state index in [0.29, 0.717) is 12.1 Å². The van der Waals surface area contributed by atoms with Crippen molar-refractivity contribution in [3.63, 3.8) is 0 Å². The number of fused-ring (bicyclic) bond motifs is 1. The number of carbonyl (C=O) groups excluding carboxylic acids is 1. The van der Waals surface area contributed by atoms with E-state index >= 15 is 0 Å². The van der Waals surface area contributed by atoms with Gasteiger partial charge in [0.25, 0.3) is 0 Å². The van der Waals surface area contributed by atoms with Crippen LogP contribution in [0.15, 0.2) is 18.2 Å². The number of amides is 1. The lowest BCUT2D eigenvalue weighted by Crippen LogP contribution is -2.51. The molecule has 4 aliphatic rings. The molecular formula is C18H26N2O3. The van der Waals surface area contributed by atoms with E-state index in [-0.39, 0.29) is 11.7 Å². The summed E-state index contributed by atoms with van der Waals surface area (Å²) in [5.74, 6) is 1.03. The van der Waals surface area contributed by atoms with Crippen molar-refractivity contribution in [1.29, 1.82) is 0 Å². The molecular weight excluding hydrogens is 292 g/mol. The van der Waals surface area contributed by atoms with Gasteiger partial charge in [0.1, 0.15) is 17.5 Å². The van der Waals surface area contributed by atoms with Crippen LogP contribution in [-0.2, 0) is 11.3 Å². The molecule has 0 spiro atoms. The van der Waals surface area contributed by atoms with Crippen molar-refractivity contribution in [3.05, 3.63) is 29.3 Å². The predicted molar refractivity (Wildman–Crippen MR) is 88.5 cm³/mol. The van der Waals surface area contributed by atoms with Crippen LogP contribution < -0.4 is 10.1 Å². The lowest BCUT2D eigenvalue weighted by molar-refractivity contribution is -0.00172. The molecule has 4 aliphatic heterocycles. The molecule has 2 atom stereocenters. The highest BCUT2D eigenvalue weighted by Crippen LogP contribution is 2.35. The molecule has 0 aliphatic carbocycles. The molecule has 23 heavy (non-hydrogen) atoms. The highest BCUT2D eigenvalue weighted by atomic mass is 16.6. The fraction of sp³-hybridized carbons (Fsp3) is 0.611. The highest BCUT2D eigenvalue weighted by molar-refractivity contribution is 5.69. The molecule has 0 radical (unpaired) electrons. The van der Waals surface area contributed by atoms with Crippen LogP contribution in [0.1, 0.15) is 51.3 Å². The first-order valence-corrected chi connectivity index (χ1v) is 8.33. The Morgan fingerprint density at radius 1 is 1.39 bits per heavy atom. The molecule has 126 valence electrons. The van der Waals surface area contributed by atoms with E-state index in [1.54, 1.807) is 4.90 Å². The van der Waals surface area contributed by atoms with Crippen molar-refractivity contribution in [2.45, 2.75) is 58.4 Å². The van der Waals surface area contributed by atoms with Gasteiger partial charge < -0.3 is 19.7 Å². The number of hydrogen-bond acceptors (Lipinski definition) is 4. The minimum absolute atomic E-state index is 0.179. The van der Waals surface area contributed by atoms with Gasteiger partial charge in [0, 0.05) is 25.7 Å². The van der Waals surface area contributed by atoms with Gasteiger partial charge in [-0.25, -0.2) is 4.79 Å². The van der Waals surface area contributed by atoms with Crippen LogP contribution in [0.2, 0.25) is 0 Å². The zero-order chi connectivity index (χ0) is 16.6. The summed E-state index contributed by atoms with van der Waals surface area (Å²) >= 11 is 0. The van der Waals surface area contributed by atoms with E-state index < -0.39 is 0 Å². The zero-order valence-corrected chi connectivity index (χ0v) is 14.4. The summed E-state index contributed by atoms with van der Waals surface area (Å²) in [4.78, 5) is 13.1. The third kappa shape index (κ3) is 3.61. The second-order valence-corrected chi connectivity index (χ2v) is 7.41. The van der Waals surface area contributed by atoms with Crippen LogP contribution in [0.5, 0.6) is 5.75 Å². The molecule has 4 bridgehead atoms. The number of carbonyl (C=O) groups is 1. The maximum atomic E-state index is 11.4. The lowest BCUT2D eigenvalue weighted by atomic mass is 9.96. The second kappa shape index (κ2) is 6.04. The van der Waals surface area contributed by atoms with E-state index in [1.165, 1.54) is 11.1 Å². The molecule has 5 heteroatoms. The van der Waals surface area contributed by atoms with Crippen molar-refractivity contribution in [1.82, 2.24) is 10.2 Å². The Hall–Kier alpha value is -1.75. The van der Waals surface area contributed by atoms with Crippen LogP contribution >= 0.6 is 0 Å². The molecule has 1 amide bonds. The van der Waals surface area contributed by atoms with Crippen LogP contribution in [0.3, 0.4) is 0 Å². The van der Waals surface area contributed by atoms with Crippen LogP contribution in [-0.4, -0.2) is 35.7 Å². The Kier molecular flexibility index (Phi) is 4.23. The fourth-order valence-electron chi connectivity index (χ4n) is 2.95. The first kappa shape index (κ1) is 16.1. The Morgan fingerprint density at radius 2 is 2.17 bits per heavy atom. The Balaban J connectivity index is 0.000000136. The van der Waals surface area contributed by atoms with Crippen LogP contribution in [0, 0.1) is 0 Å². The summed E-state index contributed by atoms with van der Waals surface area (Å²) in [5, 5.41) is 3.31. The monoisotopic (exact) mass is 318 g/mol. The second-order valence-electron chi connectivity index (χ2n) is 7.41. The lowest BCUT2D eigenvalue weighted by Gasteiger charge is -2.39. The van der Waals surface area contributed by atoms with Crippen molar-refractivity contribution in [2.75, 3.05) is 13.1 Å². The molecule has 2 unspecified atom stereocenters. The van der Waals surface area contributed by atoms with Gasteiger partial charge in [-0.2, -0.15) is 0 Å². The van der Waals surface area contributed by atoms with E-state index in [9.17, 15) is 4.79 Å². The maximum absolute atomic E-state index is 11.4. The normalized spacial score (nSPS) is 24.1. The summed E-state index contributed by atoms with van der Waals surface area (Å²) in [6.45, 7) is 10.5. The van der Waals surface area contributed by atoms with Crippen molar-refractivity contribution in [2.24, 2.45) is 0 Å². The summed E-state index contributed by atoms with van der Waals surface area (Å²) in [6, 6.07) is 6.71. The van der Waals surface area contributed by atoms with Crippen molar-refractivity contribution in [3.8, 4) is 5.75 Å². The molecule has 1 aromatic rings. The third-order valence-electron chi connectivity index (χ3n) is 4.33. The molecule has 4 heterocycles. The van der Waals surface area contributed by atoms with E-state index in [2.05, 4.69) is 17.4 Å². The van der Waals surface area contributed by atoms with E-state index in [1.807, 2.05) is 33.8 Å². The van der Waals surface area contributed by atoms with Gasteiger partial charge >= 0.3 is 6.09 Å². The van der Waals surface area contributed by atoms with Gasteiger partial charge in [0.05, 0.1) is 0 Å². The number of likely N-dealkylation sites (tertiary alicyclic amines) is 1. The van der Waals surface area contributed by atoms with E-state index in [4.69, 9.17) is 9.47 Å². The molecule has 1 saturated heterocycles. The summed E-state index contributed by atoms with van der Waals surface area (Å²) in [7, 11) is 0. The molecule has 0 aromatic heterocycles. The Morgan fingerprint density at radius 3 is 2.65 bits per heavy atom. The third-order valence-corrected chi connectivity index (χ3v) is 4.33. The van der Waals surface area contributed by atoms with Gasteiger partial charge in [-0.3, -0.25) is 0 Å². The van der Waals surface area contributed by atoms with Gasteiger partial charge in [0.15, 0.2) is 0 Å². The van der Waals surface area contributed by atoms with Gasteiger partial charge in [-0.15, -0.1) is 0 Å². The summed E-state index contributed by atoms with van der Waals surface area (Å²) < 4.78 is 10.8. The van der Waals surface area contributed by atoms with Crippen molar-refractivity contribution < 1.29 is 14.3 Å². The van der Waals surface area contributed by atoms with Crippen LogP contribution in [0.4, 0.5) is 4.79 Å². The van der Waals surface area contributed by atoms with Gasteiger partial charge in [0.2, 0.25) is 0 Å². The summed E-state index contributed by atoms with van der Waals surface area (Å²) in [5.41, 5.74) is 2.41. The number of nitrogens with zero attached hydrogens (tertiary/aromatic N) is 1. The molecule has 0 saturated carbocycles. The minimum atomic E-state index is -0.369. The van der Waals surface area contributed by atoms with Gasteiger partial charge in [-0.05, 0) is 57.4 Å². The first-order valence-electron chi connectivity index (χ1n) is 8.33. The minimum Gasteiger partial charge on any atom is -0.484 e.